The second kappa shape index (κ2) is 38.8. The molecule has 3 atom stereocenters. The first-order valence-electron chi connectivity index (χ1n) is 15.8. The summed E-state index contributed by atoms with van der Waals surface area (Å²) in [4.78, 5) is 40.9. The van der Waals surface area contributed by atoms with Gasteiger partial charge < -0.3 is 39.6 Å². The maximum Gasteiger partial charge on any atom is 4.00 e. The number of aliphatic carboxylic acids is 4. The molecule has 0 saturated heterocycles. The van der Waals surface area contributed by atoms with Crippen molar-refractivity contribution in [1.29, 1.82) is 0 Å². The fourth-order valence-corrected chi connectivity index (χ4v) is 3.69. The smallest absolute Gasteiger partial charge is 0.550 e. The summed E-state index contributed by atoms with van der Waals surface area (Å²) >= 11 is 0. The molecule has 0 aromatic heterocycles. The Morgan fingerprint density at radius 1 is 0.439 bits per heavy atom. The van der Waals surface area contributed by atoms with Gasteiger partial charge in [0.2, 0.25) is 0 Å². The molecule has 0 aliphatic rings. The Morgan fingerprint density at radius 3 is 0.902 bits per heavy atom. The van der Waals surface area contributed by atoms with Gasteiger partial charge in [-0.2, -0.15) is 0 Å². The number of rotatable bonds is 21. The fourth-order valence-electron chi connectivity index (χ4n) is 3.69. The molecule has 0 N–H and O–H groups in total. The second-order valence-electron chi connectivity index (χ2n) is 10.2. The number of carbonyl (C=O) groups excluding carboxylic acids is 4. The summed E-state index contributed by atoms with van der Waals surface area (Å²) in [6, 6.07) is 0. The van der Waals surface area contributed by atoms with E-state index in [0.717, 1.165) is 77.0 Å². The van der Waals surface area contributed by atoms with Crippen LogP contribution in [0.25, 0.3) is 0 Å². The number of hydrogen-bond acceptors (Lipinski definition) is 8. The van der Waals surface area contributed by atoms with Crippen LogP contribution in [0.1, 0.15) is 164 Å². The molecule has 9 heteroatoms. The predicted molar refractivity (Wildman–Crippen MR) is 159 cm³/mol. The Kier molecular flexibility index (Phi) is 46.7. The zero-order valence-electron chi connectivity index (χ0n) is 27.2. The van der Waals surface area contributed by atoms with Gasteiger partial charge in [-0.3, -0.25) is 0 Å². The molecule has 0 rings (SSSR count). The first-order chi connectivity index (χ1) is 18.9. The van der Waals surface area contributed by atoms with Crippen LogP contribution in [0.5, 0.6) is 0 Å². The summed E-state index contributed by atoms with van der Waals surface area (Å²) in [5.74, 6) is -4.26. The van der Waals surface area contributed by atoms with Crippen LogP contribution in [0.4, 0.5) is 0 Å². The van der Waals surface area contributed by atoms with Crippen LogP contribution in [0.2, 0.25) is 0 Å². The minimum Gasteiger partial charge on any atom is -0.550 e. The molecule has 8 nitrogen and oxygen atoms in total. The molecular formula is C32H60BiO8. The molecule has 0 spiro atoms. The Bertz CT molecular complexity index is 536. The zero-order valence-corrected chi connectivity index (χ0v) is 30.7. The van der Waals surface area contributed by atoms with Crippen molar-refractivity contribution >= 4 is 50.1 Å². The van der Waals surface area contributed by atoms with Crippen LogP contribution < -0.4 is 20.4 Å². The molecule has 0 aromatic carbocycles. The van der Waals surface area contributed by atoms with E-state index in [9.17, 15) is 39.6 Å². The molecule has 0 bridgehead atoms. The van der Waals surface area contributed by atoms with Crippen LogP contribution in [-0.4, -0.2) is 50.1 Å². The molecule has 3 unspecified atom stereocenters. The van der Waals surface area contributed by atoms with E-state index in [-0.39, 0.29) is 50.4 Å². The van der Waals surface area contributed by atoms with Crippen LogP contribution in [0.3, 0.4) is 0 Å². The van der Waals surface area contributed by atoms with Gasteiger partial charge in [0.25, 0.3) is 0 Å². The number of carboxylic acids is 4. The minimum atomic E-state index is -0.920. The molecule has 0 aliphatic heterocycles. The van der Waals surface area contributed by atoms with Crippen molar-refractivity contribution in [3.63, 3.8) is 0 Å². The predicted octanol–water partition coefficient (Wildman–Crippen LogP) is 3.57. The van der Waals surface area contributed by atoms with Crippen LogP contribution in [0.15, 0.2) is 0 Å². The largest absolute Gasteiger partial charge is 4.00 e. The van der Waals surface area contributed by atoms with Gasteiger partial charge in [-0.15, -0.1) is 0 Å². The number of unbranched alkanes of at least 4 members (excludes halogenated alkanes) is 7. The van der Waals surface area contributed by atoms with Crippen molar-refractivity contribution in [3.8, 4) is 0 Å². The topological polar surface area (TPSA) is 161 Å². The molecule has 0 aliphatic carbocycles. The van der Waals surface area contributed by atoms with E-state index in [4.69, 9.17) is 0 Å². The normalized spacial score (nSPS) is 11.9. The maximum atomic E-state index is 10.3. The molecular weight excluding hydrogens is 721 g/mol. The number of hydrogen-bond donors (Lipinski definition) is 0. The monoisotopic (exact) mass is 781 g/mol. The first kappa shape index (κ1) is 49.4. The second-order valence-corrected chi connectivity index (χ2v) is 10.2. The first-order valence-corrected chi connectivity index (χ1v) is 15.8. The van der Waals surface area contributed by atoms with E-state index in [2.05, 4.69) is 27.7 Å². The molecule has 1 radical (unpaired) electrons. The van der Waals surface area contributed by atoms with Gasteiger partial charge >= 0.3 is 26.2 Å². The Morgan fingerprint density at radius 2 is 0.707 bits per heavy atom. The summed E-state index contributed by atoms with van der Waals surface area (Å²) in [6.45, 7) is 14.0. The molecule has 241 valence electrons. The molecule has 0 aromatic rings. The van der Waals surface area contributed by atoms with Gasteiger partial charge in [-0.05, 0) is 69.1 Å². The number of carboxylic acid groups (broad SMARTS) is 4. The molecule has 0 fully saturated rings. The van der Waals surface area contributed by atoms with E-state index in [1.54, 1.807) is 0 Å². The third kappa shape index (κ3) is 41.0. The summed E-state index contributed by atoms with van der Waals surface area (Å²) in [7, 11) is 0. The SMILES string of the molecule is CCCCC(CC)C(=O)[O-].CCCCC(CC)C(=O)[O-].CCCCC(CC)C(=O)[O-].CCCCCCCC(=O)[O-].[Bi+4]. The molecule has 0 saturated carbocycles. The standard InChI is InChI=1S/4C8H16O2.Bi/c3*1-3-5-6-7(4-2)8(9)10;1-2-3-4-5-6-7-8(9)10;/h3*7H,3-6H2,1-2H3,(H,9,10);2-7H2,1H3,(H,9,10);/q;;;;+4/p-4. The van der Waals surface area contributed by atoms with Crippen molar-refractivity contribution in [1.82, 2.24) is 0 Å². The molecule has 0 heterocycles. The Labute approximate surface area is 270 Å². The van der Waals surface area contributed by atoms with Crippen molar-refractivity contribution in [2.75, 3.05) is 0 Å². The third-order valence-corrected chi connectivity index (χ3v) is 6.68. The van der Waals surface area contributed by atoms with E-state index in [0.29, 0.717) is 19.3 Å². The van der Waals surface area contributed by atoms with Gasteiger partial charge in [-0.25, -0.2) is 0 Å². The van der Waals surface area contributed by atoms with E-state index in [1.165, 1.54) is 12.8 Å². The summed E-state index contributed by atoms with van der Waals surface area (Å²) in [6.07, 6.45) is 16.2. The average molecular weight is 782 g/mol. The van der Waals surface area contributed by atoms with Crippen molar-refractivity contribution in [2.24, 2.45) is 17.8 Å². The van der Waals surface area contributed by atoms with Crippen molar-refractivity contribution in [3.05, 3.63) is 0 Å². The summed E-state index contributed by atoms with van der Waals surface area (Å²) < 4.78 is 0. The minimum absolute atomic E-state index is 0. The van der Waals surface area contributed by atoms with Gasteiger partial charge in [0.1, 0.15) is 0 Å². The van der Waals surface area contributed by atoms with Crippen LogP contribution in [0, 0.1) is 17.8 Å². The van der Waals surface area contributed by atoms with E-state index in [1.807, 2.05) is 20.8 Å². The van der Waals surface area contributed by atoms with Gasteiger partial charge in [0.15, 0.2) is 0 Å². The summed E-state index contributed by atoms with van der Waals surface area (Å²) in [5, 5.41) is 40.9. The van der Waals surface area contributed by atoms with Crippen LogP contribution in [-0.2, 0) is 19.2 Å². The summed E-state index contributed by atoms with van der Waals surface area (Å²) in [5.41, 5.74) is 0. The zero-order chi connectivity index (χ0) is 31.8. The molecule has 0 amide bonds. The average Bonchev–Trinajstić information content (AvgIpc) is 2.90. The fraction of sp³-hybridized carbons (Fsp3) is 0.875. The van der Waals surface area contributed by atoms with E-state index < -0.39 is 23.9 Å². The quantitative estimate of drug-likeness (QED) is 0.126. The number of carbonyl (C=O) groups is 4. The van der Waals surface area contributed by atoms with Gasteiger partial charge in [0, 0.05) is 23.9 Å². The Balaban J connectivity index is -0.000000139. The maximum absolute atomic E-state index is 10.3. The Hall–Kier alpha value is -1.24. The van der Waals surface area contributed by atoms with E-state index >= 15 is 0 Å². The van der Waals surface area contributed by atoms with Crippen LogP contribution >= 0.6 is 0 Å². The van der Waals surface area contributed by atoms with Gasteiger partial charge in [-0.1, -0.05) is 113 Å². The van der Waals surface area contributed by atoms with Gasteiger partial charge in [0.05, 0.1) is 0 Å². The molecule has 41 heavy (non-hydrogen) atoms. The van der Waals surface area contributed by atoms with Crippen molar-refractivity contribution < 1.29 is 39.6 Å². The van der Waals surface area contributed by atoms with Crippen molar-refractivity contribution in [2.45, 2.75) is 164 Å². The third-order valence-electron chi connectivity index (χ3n) is 6.68.